The number of rotatable bonds is 7. The predicted octanol–water partition coefficient (Wildman–Crippen LogP) is 13.0. The van der Waals surface area contributed by atoms with Crippen LogP contribution in [0.5, 0.6) is 0 Å². The van der Waals surface area contributed by atoms with Gasteiger partial charge in [-0.15, -0.1) is 58.7 Å². The Hall–Kier alpha value is -4.58. The molecule has 54 heavy (non-hydrogen) atoms. The third-order valence-corrected chi connectivity index (χ3v) is 12.3. The van der Waals surface area contributed by atoms with Gasteiger partial charge in [0.05, 0.1) is 8.07 Å². The molecule has 5 aromatic carbocycles. The van der Waals surface area contributed by atoms with Crippen LogP contribution in [0.25, 0.3) is 64.9 Å². The zero-order chi connectivity index (χ0) is 41.4. The molecule has 0 saturated heterocycles. The molecule has 3 aromatic heterocycles. The van der Waals surface area contributed by atoms with E-state index >= 15 is 0 Å². The van der Waals surface area contributed by atoms with Crippen molar-refractivity contribution in [3.63, 3.8) is 0 Å². The molecular weight excluding hydrogens is 876 g/mol. The molecule has 0 aliphatic rings. The van der Waals surface area contributed by atoms with Crippen LogP contribution in [-0.2, 0) is 26.5 Å². The van der Waals surface area contributed by atoms with E-state index in [4.69, 9.17) is 6.85 Å². The van der Waals surface area contributed by atoms with Crippen LogP contribution in [-0.4, -0.2) is 18.0 Å². The van der Waals surface area contributed by atoms with E-state index < -0.39 is 21.3 Å². The molecule has 0 spiro atoms. The number of hydrogen-bond acceptors (Lipinski definition) is 3. The molecule has 0 aliphatic heterocycles. The molecule has 0 aliphatic carbocycles. The normalized spacial score (nSPS) is 13.2. The first-order valence-corrected chi connectivity index (χ1v) is 22.0. The molecule has 3 heterocycles. The van der Waals surface area contributed by atoms with Crippen molar-refractivity contribution in [2.24, 2.45) is 5.92 Å². The van der Waals surface area contributed by atoms with E-state index in [2.05, 4.69) is 90.3 Å². The average molecular weight is 924 g/mol. The molecule has 0 saturated carbocycles. The van der Waals surface area contributed by atoms with Gasteiger partial charge in [0, 0.05) is 44.1 Å². The van der Waals surface area contributed by atoms with E-state index in [1.165, 1.54) is 45.8 Å². The van der Waals surface area contributed by atoms with Crippen LogP contribution in [0, 0.1) is 30.7 Å². The molecule has 0 bridgehead atoms. The maximum atomic E-state index is 13.6. The first kappa shape index (κ1) is 32.8. The average Bonchev–Trinajstić information content (AvgIpc) is 3.61. The molecule has 2 nitrogen and oxygen atoms in total. The summed E-state index contributed by atoms with van der Waals surface area (Å²) in [6, 6.07) is 44.3. The van der Waals surface area contributed by atoms with Crippen LogP contribution in [0.4, 0.5) is 4.39 Å². The number of hydrogen-bond donors (Lipinski definition) is 0. The topological polar surface area (TPSA) is 25.8 Å². The van der Waals surface area contributed by atoms with Gasteiger partial charge in [-0.05, 0) is 73.8 Å². The molecule has 6 heteroatoms. The minimum Gasteiger partial charge on any atom is -0.305 e. The summed E-state index contributed by atoms with van der Waals surface area (Å²) in [5.41, 5.74) is 8.05. The van der Waals surface area contributed by atoms with Gasteiger partial charge in [0.2, 0.25) is 0 Å². The van der Waals surface area contributed by atoms with Gasteiger partial charge in [-0.3, -0.25) is 0 Å². The number of halogens is 1. The van der Waals surface area contributed by atoms with Crippen LogP contribution in [0.2, 0.25) is 19.6 Å². The van der Waals surface area contributed by atoms with Crippen molar-refractivity contribution >= 4 is 44.8 Å². The molecule has 273 valence electrons. The van der Waals surface area contributed by atoms with Crippen LogP contribution in [0.3, 0.4) is 0 Å². The number of fused-ring (bicyclic) bond motifs is 3. The van der Waals surface area contributed by atoms with Crippen LogP contribution in [0.15, 0.2) is 134 Å². The largest absolute Gasteiger partial charge is 0.305 e. The number of pyridine rings is 2. The van der Waals surface area contributed by atoms with E-state index in [1.807, 2.05) is 50.4 Å². The third-order valence-electron chi connectivity index (χ3n) is 9.01. The summed E-state index contributed by atoms with van der Waals surface area (Å²) < 4.78 is 56.7. The molecule has 1 radical (unpaired) electrons. The summed E-state index contributed by atoms with van der Waals surface area (Å²) in [5, 5.41) is 2.80. The molecule has 0 N–H and O–H groups in total. The predicted molar refractivity (Wildman–Crippen MR) is 227 cm³/mol. The van der Waals surface area contributed by atoms with Crippen LogP contribution >= 0.6 is 11.3 Å². The van der Waals surface area contributed by atoms with E-state index in [0.717, 1.165) is 37.2 Å². The molecule has 8 rings (SSSR count). The zero-order valence-corrected chi connectivity index (χ0v) is 35.0. The Kier molecular flexibility index (Phi) is 10.2. The Balaban J connectivity index is 0.000000218. The standard InChI is InChI=1S/C28H23FNS.C20H20NSi.Ir/c1-17(2)15-19-13-14-30-25(16-19)23-12-7-18(3)26-24-6-4-5-22(27(24)31-28(23)26)20-8-10-21(29)11-9-20;1-22(2,3)19-12-13-20(21-15-19)18-11-7-10-17(14-18)16-8-5-4-6-9-16;/h4-11,13-14,16-17H,15H2,1-3H3;4-10,12-15H,1-3H3;/q2*-1;/i3D3,15D2;;. The maximum absolute atomic E-state index is 13.6. The third kappa shape index (κ3) is 8.69. The fourth-order valence-electron chi connectivity index (χ4n) is 6.30. The minimum atomic E-state index is -2.35. The first-order chi connectivity index (χ1) is 27.5. The summed E-state index contributed by atoms with van der Waals surface area (Å²) in [6.45, 7) is 8.33. The zero-order valence-electron chi connectivity index (χ0n) is 35.8. The van der Waals surface area contributed by atoms with Crippen molar-refractivity contribution in [3.05, 3.63) is 163 Å². The molecule has 8 aromatic rings. The van der Waals surface area contributed by atoms with Gasteiger partial charge in [0.15, 0.2) is 0 Å². The van der Waals surface area contributed by atoms with Crippen molar-refractivity contribution in [2.45, 2.75) is 46.7 Å². The quantitative estimate of drug-likeness (QED) is 0.118. The Morgan fingerprint density at radius 3 is 2.30 bits per heavy atom. The smallest absolute Gasteiger partial charge is 0.123 e. The van der Waals surface area contributed by atoms with E-state index in [-0.39, 0.29) is 37.4 Å². The molecule has 0 fully saturated rings. The van der Waals surface area contributed by atoms with Crippen molar-refractivity contribution in [2.75, 3.05) is 0 Å². The van der Waals surface area contributed by atoms with Crippen molar-refractivity contribution in [1.29, 1.82) is 0 Å². The molecule has 0 amide bonds. The maximum Gasteiger partial charge on any atom is 0.123 e. The molecule has 0 unspecified atom stereocenters. The van der Waals surface area contributed by atoms with Gasteiger partial charge >= 0.3 is 0 Å². The fourth-order valence-corrected chi connectivity index (χ4v) is 8.71. The van der Waals surface area contributed by atoms with E-state index in [1.54, 1.807) is 30.5 Å². The second-order valence-corrected chi connectivity index (χ2v) is 20.4. The van der Waals surface area contributed by atoms with Crippen LogP contribution in [0.1, 0.15) is 31.8 Å². The van der Waals surface area contributed by atoms with Gasteiger partial charge in [-0.2, -0.15) is 11.3 Å². The second kappa shape index (κ2) is 16.8. The molecular formula is C48H43FIrN2SSi-2. The summed E-state index contributed by atoms with van der Waals surface area (Å²) in [4.78, 5) is 9.17. The monoisotopic (exact) mass is 924 g/mol. The Morgan fingerprint density at radius 2 is 1.59 bits per heavy atom. The van der Waals surface area contributed by atoms with E-state index in [9.17, 15) is 4.39 Å². The summed E-state index contributed by atoms with van der Waals surface area (Å²) in [5.74, 6) is -0.562. The van der Waals surface area contributed by atoms with Crippen molar-refractivity contribution < 1.29 is 31.3 Å². The number of benzene rings is 5. The Labute approximate surface area is 344 Å². The van der Waals surface area contributed by atoms with Crippen LogP contribution < -0.4 is 5.19 Å². The number of aryl methyl sites for hydroxylation is 1. The van der Waals surface area contributed by atoms with Crippen molar-refractivity contribution in [1.82, 2.24) is 9.97 Å². The van der Waals surface area contributed by atoms with Crippen molar-refractivity contribution in [3.8, 4) is 44.8 Å². The van der Waals surface area contributed by atoms with Gasteiger partial charge in [-0.1, -0.05) is 130 Å². The Morgan fingerprint density at radius 1 is 0.796 bits per heavy atom. The number of thiophene rings is 1. The molecule has 0 atom stereocenters. The number of aromatic nitrogens is 2. The Bertz CT molecular complexity index is 2710. The second-order valence-electron chi connectivity index (χ2n) is 14.3. The summed E-state index contributed by atoms with van der Waals surface area (Å²) in [6.07, 6.45) is 2.06. The van der Waals surface area contributed by atoms with Gasteiger partial charge in [0.1, 0.15) is 5.82 Å². The van der Waals surface area contributed by atoms with Gasteiger partial charge < -0.3 is 9.97 Å². The van der Waals surface area contributed by atoms with Gasteiger partial charge in [0.25, 0.3) is 0 Å². The summed E-state index contributed by atoms with van der Waals surface area (Å²) in [7, 11) is -1.29. The fraction of sp³-hybridized carbons (Fsp3) is 0.167. The summed E-state index contributed by atoms with van der Waals surface area (Å²) >= 11 is 1.45. The number of nitrogens with zero attached hydrogens (tertiary/aromatic N) is 2. The first-order valence-electron chi connectivity index (χ1n) is 20.2. The van der Waals surface area contributed by atoms with E-state index in [0.29, 0.717) is 22.2 Å². The SMILES string of the molecule is C[Si](C)(C)c1ccc(-c2[c-]ccc(-c3ccccc3)c2)nc1.[2H]C([2H])([2H])c1c[c-]c(-c2cc(C([2H])([2H])C(C)C)ccn2)c2sc3c(-c4ccc(F)cc4)cccc3c12.[Ir]. The van der Waals surface area contributed by atoms with Gasteiger partial charge in [-0.25, -0.2) is 4.39 Å². The minimum absolute atomic E-state index is 0.